The van der Waals surface area contributed by atoms with Crippen molar-refractivity contribution in [1.82, 2.24) is 5.32 Å². The molecule has 0 saturated carbocycles. The zero-order valence-corrected chi connectivity index (χ0v) is 10.1. The highest BCUT2D eigenvalue weighted by molar-refractivity contribution is 7.82. The van der Waals surface area contributed by atoms with Gasteiger partial charge in [-0.15, -0.1) is 0 Å². The molecule has 0 unspecified atom stereocenters. The van der Waals surface area contributed by atoms with E-state index in [1.54, 1.807) is 13.8 Å². The summed E-state index contributed by atoms with van der Waals surface area (Å²) < 4.78 is 26.5. The van der Waals surface area contributed by atoms with Crippen molar-refractivity contribution in [2.45, 2.75) is 19.9 Å². The number of carbonyl (C=O) groups excluding carboxylic acids is 1. The zero-order valence-electron chi connectivity index (χ0n) is 9.24. The number of nitrogens with zero attached hydrogens (tertiary/aromatic N) is 1. The Morgan fingerprint density at radius 2 is 2.06 bits per heavy atom. The summed E-state index contributed by atoms with van der Waals surface area (Å²) in [6, 6.07) is 1.06. The van der Waals surface area contributed by atoms with Crippen molar-refractivity contribution in [2.75, 3.05) is 4.31 Å². The van der Waals surface area contributed by atoms with Gasteiger partial charge in [-0.25, -0.2) is 13.5 Å². The molecule has 2 amide bonds. The molecule has 0 spiro atoms. The van der Waals surface area contributed by atoms with Crippen LogP contribution >= 0.6 is 12.8 Å². The largest absolute Gasteiger partial charge is 0.503 e. The van der Waals surface area contributed by atoms with Gasteiger partial charge in [0.15, 0.2) is 11.6 Å². The molecule has 1 aromatic carbocycles. The fraction of sp³-hybridized carbons (Fsp3) is 0.300. The number of aromatic hydroxyl groups is 1. The Labute approximate surface area is 103 Å². The van der Waals surface area contributed by atoms with E-state index >= 15 is 0 Å². The monoisotopic (exact) mass is 262 g/mol. The number of nitrogens with one attached hydrogen (secondary N) is 1. The Balaban J connectivity index is 3.01. The second kappa shape index (κ2) is 5.22. The molecule has 7 heteroatoms. The van der Waals surface area contributed by atoms with E-state index in [0.29, 0.717) is 4.31 Å². The number of hydrogen-bond acceptors (Lipinski definition) is 3. The molecule has 2 N–H and O–H groups in total. The molecule has 0 aromatic heterocycles. The molecule has 0 radical (unpaired) electrons. The first-order valence-electron chi connectivity index (χ1n) is 4.81. The Morgan fingerprint density at radius 3 is 2.59 bits per heavy atom. The van der Waals surface area contributed by atoms with E-state index in [0.717, 1.165) is 12.1 Å². The highest BCUT2D eigenvalue weighted by atomic mass is 32.1. The molecule has 0 saturated heterocycles. The van der Waals surface area contributed by atoms with Crippen molar-refractivity contribution in [3.63, 3.8) is 0 Å². The van der Waals surface area contributed by atoms with Crippen LogP contribution in [0.2, 0.25) is 0 Å². The average Bonchev–Trinajstić information content (AvgIpc) is 2.24. The lowest BCUT2D eigenvalue weighted by molar-refractivity contribution is 0.247. The van der Waals surface area contributed by atoms with Crippen LogP contribution in [0.4, 0.5) is 19.3 Å². The molecule has 1 aromatic rings. The number of carbonyl (C=O) groups is 1. The summed E-state index contributed by atoms with van der Waals surface area (Å²) in [6.45, 7) is 3.45. The van der Waals surface area contributed by atoms with E-state index in [1.807, 2.05) is 0 Å². The van der Waals surface area contributed by atoms with Crippen molar-refractivity contribution in [3.8, 4) is 5.75 Å². The molecular weight excluding hydrogens is 250 g/mol. The minimum absolute atomic E-state index is 0.149. The molecule has 0 aliphatic rings. The summed E-state index contributed by atoms with van der Waals surface area (Å²) in [7, 11) is 0. The smallest absolute Gasteiger partial charge is 0.332 e. The number of urea groups is 1. The summed E-state index contributed by atoms with van der Waals surface area (Å²) in [5.41, 5.74) is -0.231. The summed E-state index contributed by atoms with van der Waals surface area (Å²) >= 11 is 3.81. The van der Waals surface area contributed by atoms with Crippen LogP contribution < -0.4 is 9.62 Å². The van der Waals surface area contributed by atoms with Gasteiger partial charge in [-0.1, -0.05) is 12.8 Å². The molecule has 0 heterocycles. The SMILES string of the molecule is CC(C)NC(=O)N(S)c1ccc(F)c(F)c1O. The van der Waals surface area contributed by atoms with Crippen LogP contribution in [-0.4, -0.2) is 17.2 Å². The second-order valence-corrected chi connectivity index (χ2v) is 4.05. The Hall–Kier alpha value is -1.50. The number of phenolic OH excluding ortho intramolecular Hbond substituents is 1. The number of anilines is 1. The van der Waals surface area contributed by atoms with Gasteiger partial charge in [0.05, 0.1) is 0 Å². The van der Waals surface area contributed by atoms with E-state index in [4.69, 9.17) is 0 Å². The lowest BCUT2D eigenvalue weighted by Gasteiger charge is -2.19. The van der Waals surface area contributed by atoms with Crippen LogP contribution in [0.25, 0.3) is 0 Å². The van der Waals surface area contributed by atoms with Gasteiger partial charge in [0.1, 0.15) is 5.69 Å². The maximum atomic E-state index is 13.1. The maximum Gasteiger partial charge on any atom is 0.332 e. The summed E-state index contributed by atoms with van der Waals surface area (Å²) in [6.07, 6.45) is 0. The molecule has 1 rings (SSSR count). The average molecular weight is 262 g/mol. The number of halogens is 2. The predicted octanol–water partition coefficient (Wildman–Crippen LogP) is 2.44. The Bertz CT molecular complexity index is 441. The van der Waals surface area contributed by atoms with Crippen LogP contribution in [0.3, 0.4) is 0 Å². The van der Waals surface area contributed by atoms with Crippen LogP contribution in [0.5, 0.6) is 5.75 Å². The van der Waals surface area contributed by atoms with E-state index in [-0.39, 0.29) is 11.7 Å². The first-order chi connectivity index (χ1) is 7.84. The predicted molar refractivity (Wildman–Crippen MR) is 63.2 cm³/mol. The van der Waals surface area contributed by atoms with E-state index in [9.17, 15) is 18.7 Å². The topological polar surface area (TPSA) is 52.6 Å². The summed E-state index contributed by atoms with van der Waals surface area (Å²) in [5, 5.41) is 11.8. The van der Waals surface area contributed by atoms with Gasteiger partial charge in [-0.05, 0) is 26.0 Å². The second-order valence-electron chi connectivity index (χ2n) is 3.65. The standard InChI is InChI=1S/C10H12F2N2O2S/c1-5(2)13-10(16)14(17)7-4-3-6(11)8(12)9(7)15/h3-5,15,17H,1-2H3,(H,13,16). The molecule has 0 atom stereocenters. The van der Waals surface area contributed by atoms with Gasteiger partial charge in [0.2, 0.25) is 5.82 Å². The van der Waals surface area contributed by atoms with Crippen molar-refractivity contribution < 1.29 is 18.7 Å². The third kappa shape index (κ3) is 3.00. The number of rotatable bonds is 2. The first kappa shape index (κ1) is 13.6. The van der Waals surface area contributed by atoms with Crippen molar-refractivity contribution in [1.29, 1.82) is 0 Å². The van der Waals surface area contributed by atoms with Gasteiger partial charge in [0, 0.05) is 6.04 Å². The van der Waals surface area contributed by atoms with E-state index < -0.39 is 23.4 Å². The van der Waals surface area contributed by atoms with Gasteiger partial charge in [-0.2, -0.15) is 4.39 Å². The summed E-state index contributed by atoms with van der Waals surface area (Å²) in [5.74, 6) is -3.57. The summed E-state index contributed by atoms with van der Waals surface area (Å²) in [4.78, 5) is 11.5. The third-order valence-electron chi connectivity index (χ3n) is 1.88. The Kier molecular flexibility index (Phi) is 4.17. The van der Waals surface area contributed by atoms with E-state index in [2.05, 4.69) is 18.1 Å². The van der Waals surface area contributed by atoms with Gasteiger partial charge in [-0.3, -0.25) is 0 Å². The van der Waals surface area contributed by atoms with Crippen LogP contribution in [0.1, 0.15) is 13.8 Å². The van der Waals surface area contributed by atoms with Gasteiger partial charge in [0.25, 0.3) is 0 Å². The normalized spacial score (nSPS) is 10.5. The maximum absolute atomic E-state index is 13.1. The Morgan fingerprint density at radius 1 is 1.47 bits per heavy atom. The van der Waals surface area contributed by atoms with Crippen LogP contribution in [-0.2, 0) is 0 Å². The lowest BCUT2D eigenvalue weighted by Crippen LogP contribution is -2.38. The lowest BCUT2D eigenvalue weighted by atomic mass is 10.2. The highest BCUT2D eigenvalue weighted by Crippen LogP contribution is 2.32. The van der Waals surface area contributed by atoms with Gasteiger partial charge >= 0.3 is 6.03 Å². The quantitative estimate of drug-likeness (QED) is 0.717. The molecule has 17 heavy (non-hydrogen) atoms. The fourth-order valence-corrected chi connectivity index (χ4v) is 1.34. The number of phenols is 1. The van der Waals surface area contributed by atoms with Crippen molar-refractivity contribution in [2.24, 2.45) is 0 Å². The van der Waals surface area contributed by atoms with Gasteiger partial charge < -0.3 is 10.4 Å². The number of amides is 2. The molecule has 0 aliphatic carbocycles. The molecule has 0 aliphatic heterocycles. The molecule has 0 bridgehead atoms. The first-order valence-corrected chi connectivity index (χ1v) is 5.21. The third-order valence-corrected chi connectivity index (χ3v) is 2.28. The van der Waals surface area contributed by atoms with E-state index in [1.165, 1.54) is 0 Å². The molecule has 0 fully saturated rings. The van der Waals surface area contributed by atoms with Crippen molar-refractivity contribution >= 4 is 24.5 Å². The fourth-order valence-electron chi connectivity index (χ4n) is 1.12. The van der Waals surface area contributed by atoms with Crippen molar-refractivity contribution in [3.05, 3.63) is 23.8 Å². The number of hydrogen-bond donors (Lipinski definition) is 3. The molecule has 4 nitrogen and oxygen atoms in total. The minimum Gasteiger partial charge on any atom is -0.503 e. The highest BCUT2D eigenvalue weighted by Gasteiger charge is 2.20. The van der Waals surface area contributed by atoms with Crippen LogP contribution in [0, 0.1) is 11.6 Å². The molecular formula is C10H12F2N2O2S. The number of benzene rings is 1. The minimum atomic E-state index is -1.42. The number of thiol groups is 1. The molecule has 94 valence electrons. The van der Waals surface area contributed by atoms with Crippen LogP contribution in [0.15, 0.2) is 12.1 Å². The zero-order chi connectivity index (χ0) is 13.2.